The summed E-state index contributed by atoms with van der Waals surface area (Å²) in [4.78, 5) is 15.5. The highest BCUT2D eigenvalue weighted by atomic mass is 19.4. The lowest BCUT2D eigenvalue weighted by atomic mass is 10.1. The zero-order valence-electron chi connectivity index (χ0n) is 10.5. The smallest absolute Gasteiger partial charge is 0.461 e. The molecule has 4 nitrogen and oxygen atoms in total. The summed E-state index contributed by atoms with van der Waals surface area (Å²) in [6.07, 6.45) is -5.54. The summed E-state index contributed by atoms with van der Waals surface area (Å²) >= 11 is 0. The summed E-state index contributed by atoms with van der Waals surface area (Å²) in [5.41, 5.74) is -0.982. The molecule has 0 radical (unpaired) electrons. The van der Waals surface area contributed by atoms with Crippen LogP contribution in [0.1, 0.15) is 15.9 Å². The van der Waals surface area contributed by atoms with Crippen LogP contribution in [0, 0.1) is 0 Å². The van der Waals surface area contributed by atoms with Gasteiger partial charge >= 0.3 is 12.1 Å². The average Bonchev–Trinajstić information content (AvgIpc) is 2.73. The lowest BCUT2D eigenvalue weighted by Crippen LogP contribution is -2.39. The van der Waals surface area contributed by atoms with Crippen LogP contribution < -0.4 is 4.74 Å². The molecular weight excluding hydrogens is 301 g/mol. The van der Waals surface area contributed by atoms with Gasteiger partial charge in [0.15, 0.2) is 11.5 Å². The predicted octanol–water partition coefficient (Wildman–Crippen LogP) is 2.84. The van der Waals surface area contributed by atoms with Crippen molar-refractivity contribution < 1.29 is 36.6 Å². The number of pyridine rings is 1. The zero-order valence-corrected chi connectivity index (χ0v) is 10.5. The van der Waals surface area contributed by atoms with Crippen molar-refractivity contribution in [2.75, 3.05) is 7.11 Å². The van der Waals surface area contributed by atoms with Crippen LogP contribution in [0.15, 0.2) is 23.6 Å². The molecule has 1 aliphatic rings. The first-order chi connectivity index (χ1) is 9.59. The maximum Gasteiger partial charge on any atom is 0.461 e. The number of methoxy groups -OCH3 is 1. The molecule has 0 unspecified atom stereocenters. The van der Waals surface area contributed by atoms with E-state index in [0.717, 1.165) is 6.20 Å². The highest BCUT2D eigenvalue weighted by Gasteiger charge is 2.62. The fourth-order valence-electron chi connectivity index (χ4n) is 1.89. The monoisotopic (exact) mass is 309 g/mol. The number of fused-ring (bicyclic) bond motifs is 1. The Morgan fingerprint density at radius 1 is 1.33 bits per heavy atom. The van der Waals surface area contributed by atoms with E-state index < -0.39 is 35.6 Å². The number of Topliss-reactive ketones (excluding diaryl/α,β-unsaturated/α-hetero) is 1. The summed E-state index contributed by atoms with van der Waals surface area (Å²) in [5.74, 6) is -8.81. The second-order valence-electron chi connectivity index (χ2n) is 4.29. The van der Waals surface area contributed by atoms with Crippen molar-refractivity contribution in [3.8, 4) is 5.88 Å². The van der Waals surface area contributed by atoms with Gasteiger partial charge in [0.25, 0.3) is 0 Å². The van der Waals surface area contributed by atoms with Gasteiger partial charge in [-0.2, -0.15) is 22.0 Å². The minimum Gasteiger partial charge on any atom is -0.506 e. The number of hydrogen-bond acceptors (Lipinski definition) is 4. The number of allylic oxidation sites excluding steroid dienone is 2. The fraction of sp³-hybridized carbons (Fsp3) is 0.333. The Kier molecular flexibility index (Phi) is 3.38. The highest BCUT2D eigenvalue weighted by molar-refractivity contribution is 6.13. The number of hydrogen-bond donors (Lipinski definition) is 1. The van der Waals surface area contributed by atoms with Gasteiger partial charge in [-0.25, -0.2) is 4.98 Å². The van der Waals surface area contributed by atoms with Crippen LogP contribution in [-0.4, -0.2) is 35.1 Å². The maximum atomic E-state index is 13.1. The minimum atomic E-state index is -5.99. The Morgan fingerprint density at radius 2 is 1.95 bits per heavy atom. The third-order valence-corrected chi connectivity index (χ3v) is 3.00. The normalized spacial score (nSPS) is 17.7. The van der Waals surface area contributed by atoms with Crippen LogP contribution in [0.2, 0.25) is 0 Å². The van der Waals surface area contributed by atoms with Gasteiger partial charge in [0.2, 0.25) is 5.88 Å². The first-order valence-corrected chi connectivity index (χ1v) is 5.54. The van der Waals surface area contributed by atoms with E-state index in [0.29, 0.717) is 0 Å². The van der Waals surface area contributed by atoms with E-state index in [1.165, 1.54) is 13.2 Å². The summed E-state index contributed by atoms with van der Waals surface area (Å²) in [6.45, 7) is 0. The molecule has 0 saturated carbocycles. The molecule has 0 bridgehead atoms. The van der Waals surface area contributed by atoms with Crippen molar-refractivity contribution in [1.29, 1.82) is 0 Å². The Labute approximate surface area is 114 Å². The number of carbonyl (C=O) groups excluding carboxylic acids is 1. The van der Waals surface area contributed by atoms with E-state index in [1.807, 2.05) is 0 Å². The molecule has 0 fully saturated rings. The molecule has 9 heteroatoms. The molecule has 0 aromatic carbocycles. The van der Waals surface area contributed by atoms with Crippen LogP contribution >= 0.6 is 0 Å². The van der Waals surface area contributed by atoms with Crippen LogP contribution in [0.3, 0.4) is 0 Å². The summed E-state index contributed by atoms with van der Waals surface area (Å²) in [6, 6.07) is 1.24. The molecule has 1 N–H and O–H groups in total. The lowest BCUT2D eigenvalue weighted by Gasteiger charge is -2.19. The quantitative estimate of drug-likeness (QED) is 0.518. The Morgan fingerprint density at radius 3 is 2.48 bits per heavy atom. The van der Waals surface area contributed by atoms with Gasteiger partial charge in [0, 0.05) is 29.8 Å². The Hall–Kier alpha value is -2.19. The number of ketones is 1. The van der Waals surface area contributed by atoms with Crippen molar-refractivity contribution in [3.63, 3.8) is 0 Å². The largest absolute Gasteiger partial charge is 0.506 e. The first kappa shape index (κ1) is 15.2. The number of aliphatic hydroxyl groups is 1. The van der Waals surface area contributed by atoms with Crippen molar-refractivity contribution in [3.05, 3.63) is 34.7 Å². The summed E-state index contributed by atoms with van der Waals surface area (Å²) < 4.78 is 67.6. The molecule has 0 atom stereocenters. The topological polar surface area (TPSA) is 59.4 Å². The SMILES string of the molecule is COc1cc2c(cn1)C(=O)/C(=C(\O)C(F)(F)C(F)(F)F)C2. The average molecular weight is 309 g/mol. The fourth-order valence-corrected chi connectivity index (χ4v) is 1.89. The van der Waals surface area contributed by atoms with Crippen molar-refractivity contribution in [2.24, 2.45) is 0 Å². The molecule has 0 aliphatic heterocycles. The van der Waals surface area contributed by atoms with Gasteiger partial charge in [0.05, 0.1) is 7.11 Å². The van der Waals surface area contributed by atoms with Gasteiger partial charge < -0.3 is 9.84 Å². The predicted molar refractivity (Wildman–Crippen MR) is 59.5 cm³/mol. The Bertz CT molecular complexity index is 636. The van der Waals surface area contributed by atoms with Gasteiger partial charge in [-0.15, -0.1) is 0 Å². The van der Waals surface area contributed by atoms with E-state index in [9.17, 15) is 31.9 Å². The third kappa shape index (κ3) is 2.32. The molecule has 21 heavy (non-hydrogen) atoms. The van der Waals surface area contributed by atoms with Crippen molar-refractivity contribution in [1.82, 2.24) is 4.98 Å². The number of alkyl halides is 5. The molecule has 0 saturated heterocycles. The Balaban J connectivity index is 2.49. The van der Waals surface area contributed by atoms with Gasteiger partial charge in [-0.1, -0.05) is 0 Å². The zero-order chi connectivity index (χ0) is 16.0. The number of ether oxygens (including phenoxy) is 1. The number of rotatable bonds is 2. The molecule has 0 amide bonds. The van der Waals surface area contributed by atoms with E-state index in [1.54, 1.807) is 0 Å². The van der Waals surface area contributed by atoms with E-state index in [2.05, 4.69) is 4.98 Å². The molecule has 114 valence electrons. The van der Waals surface area contributed by atoms with E-state index >= 15 is 0 Å². The second kappa shape index (κ2) is 4.68. The molecule has 1 aliphatic carbocycles. The summed E-state index contributed by atoms with van der Waals surface area (Å²) in [7, 11) is 1.28. The van der Waals surface area contributed by atoms with Gasteiger partial charge in [-0.3, -0.25) is 4.79 Å². The number of nitrogens with zero attached hydrogens (tertiary/aromatic N) is 1. The third-order valence-electron chi connectivity index (χ3n) is 3.00. The van der Waals surface area contributed by atoms with Crippen LogP contribution in [0.5, 0.6) is 5.88 Å². The standard InChI is InChI=1S/C12H8F5NO3/c1-21-8-3-5-2-6(9(19)7(5)4-18-8)10(20)11(13,14)12(15,16)17/h3-4,20H,2H2,1H3/b10-6-. The number of halogens is 5. The van der Waals surface area contributed by atoms with E-state index in [4.69, 9.17) is 4.74 Å². The lowest BCUT2D eigenvalue weighted by molar-refractivity contribution is -0.274. The van der Waals surface area contributed by atoms with E-state index in [-0.39, 0.29) is 17.0 Å². The molecule has 1 aromatic heterocycles. The van der Waals surface area contributed by atoms with Crippen molar-refractivity contribution >= 4 is 5.78 Å². The number of aromatic nitrogens is 1. The van der Waals surface area contributed by atoms with Crippen LogP contribution in [0.4, 0.5) is 22.0 Å². The second-order valence-corrected chi connectivity index (χ2v) is 4.29. The minimum absolute atomic E-state index is 0.0740. The molecule has 1 heterocycles. The molecule has 2 rings (SSSR count). The molecule has 1 aromatic rings. The highest BCUT2D eigenvalue weighted by Crippen LogP contribution is 2.43. The summed E-state index contributed by atoms with van der Waals surface area (Å²) in [5, 5.41) is 9.22. The molecule has 0 spiro atoms. The number of carbonyl (C=O) groups is 1. The van der Waals surface area contributed by atoms with Crippen molar-refractivity contribution in [2.45, 2.75) is 18.5 Å². The van der Waals surface area contributed by atoms with Crippen LogP contribution in [0.25, 0.3) is 0 Å². The van der Waals surface area contributed by atoms with Crippen LogP contribution in [-0.2, 0) is 6.42 Å². The maximum absolute atomic E-state index is 13.1. The molecular formula is C12H8F5NO3. The van der Waals surface area contributed by atoms with Gasteiger partial charge in [-0.05, 0) is 5.56 Å². The number of aliphatic hydroxyl groups excluding tert-OH is 1. The first-order valence-electron chi connectivity index (χ1n) is 5.54. The van der Waals surface area contributed by atoms with Gasteiger partial charge in [0.1, 0.15) is 0 Å².